The Morgan fingerprint density at radius 1 is 1.56 bits per heavy atom. The van der Waals surface area contributed by atoms with Crippen LogP contribution in [0.1, 0.15) is 11.1 Å². The van der Waals surface area contributed by atoms with Crippen LogP contribution in [0.25, 0.3) is 0 Å². The molecule has 0 radical (unpaired) electrons. The van der Waals surface area contributed by atoms with Crippen LogP contribution < -0.4 is 0 Å². The van der Waals surface area contributed by atoms with E-state index >= 15 is 4.39 Å². The second kappa shape index (κ2) is 3.62. The van der Waals surface area contributed by atoms with Crippen LogP contribution in [0.3, 0.4) is 0 Å². The van der Waals surface area contributed by atoms with E-state index in [9.17, 15) is 5.11 Å². The molecule has 2 aliphatic rings. The van der Waals surface area contributed by atoms with Crippen molar-refractivity contribution in [1.29, 1.82) is 0 Å². The van der Waals surface area contributed by atoms with Gasteiger partial charge in [0, 0.05) is 31.1 Å². The standard InChI is InChI=1S/C12H12ClFN2OS/c1-15-10-16(2)12(17)9-4-3-8(13)5-7(9)6-11(12,14)18-10/h3-5,17H,6H2,1-2H3/b15-10-. The molecule has 2 atom stereocenters. The number of alkyl halides is 1. The lowest BCUT2D eigenvalue weighted by Crippen LogP contribution is -2.48. The Hall–Kier alpha value is -0.780. The van der Waals surface area contributed by atoms with Crippen molar-refractivity contribution in [2.24, 2.45) is 4.99 Å². The monoisotopic (exact) mass is 286 g/mol. The molecule has 1 aromatic carbocycles. The first kappa shape index (κ1) is 12.3. The second-order valence-electron chi connectivity index (χ2n) is 4.55. The summed E-state index contributed by atoms with van der Waals surface area (Å²) >= 11 is 6.88. The van der Waals surface area contributed by atoms with Crippen molar-refractivity contribution >= 4 is 28.5 Å². The van der Waals surface area contributed by atoms with E-state index in [1.54, 1.807) is 32.3 Å². The molecule has 0 aromatic heterocycles. The minimum absolute atomic E-state index is 0.132. The zero-order valence-corrected chi connectivity index (χ0v) is 11.5. The first-order chi connectivity index (χ1) is 8.42. The number of hydrogen-bond donors (Lipinski definition) is 1. The quantitative estimate of drug-likeness (QED) is 0.795. The summed E-state index contributed by atoms with van der Waals surface area (Å²) < 4.78 is 15.0. The van der Waals surface area contributed by atoms with E-state index in [-0.39, 0.29) is 6.42 Å². The predicted molar refractivity (Wildman–Crippen MR) is 71.6 cm³/mol. The maximum absolute atomic E-state index is 15.0. The normalized spacial score (nSPS) is 36.1. The Morgan fingerprint density at radius 3 is 2.94 bits per heavy atom. The smallest absolute Gasteiger partial charge is 0.219 e. The lowest BCUT2D eigenvalue weighted by molar-refractivity contribution is -0.120. The fourth-order valence-corrected chi connectivity index (χ4v) is 4.16. The van der Waals surface area contributed by atoms with Gasteiger partial charge in [0.25, 0.3) is 0 Å². The first-order valence-electron chi connectivity index (χ1n) is 5.52. The number of amidine groups is 1. The number of halogens is 2. The van der Waals surface area contributed by atoms with Crippen molar-refractivity contribution in [2.45, 2.75) is 17.1 Å². The first-order valence-corrected chi connectivity index (χ1v) is 6.71. The van der Waals surface area contributed by atoms with E-state index in [1.807, 2.05) is 0 Å². The number of thioether (sulfide) groups is 1. The highest BCUT2D eigenvalue weighted by Crippen LogP contribution is 2.60. The van der Waals surface area contributed by atoms with Gasteiger partial charge in [0.2, 0.25) is 10.7 Å². The molecular weight excluding hydrogens is 275 g/mol. The maximum Gasteiger partial charge on any atom is 0.219 e. The van der Waals surface area contributed by atoms with E-state index < -0.39 is 10.7 Å². The van der Waals surface area contributed by atoms with E-state index in [4.69, 9.17) is 11.6 Å². The van der Waals surface area contributed by atoms with Gasteiger partial charge in [-0.15, -0.1) is 0 Å². The maximum atomic E-state index is 15.0. The number of nitrogens with zero attached hydrogens (tertiary/aromatic N) is 2. The van der Waals surface area contributed by atoms with Gasteiger partial charge in [0.1, 0.15) is 0 Å². The molecule has 3 rings (SSSR count). The molecule has 1 aliphatic heterocycles. The molecule has 0 spiro atoms. The molecule has 1 fully saturated rings. The van der Waals surface area contributed by atoms with Gasteiger partial charge in [-0.2, -0.15) is 0 Å². The van der Waals surface area contributed by atoms with Gasteiger partial charge in [-0.3, -0.25) is 4.99 Å². The van der Waals surface area contributed by atoms with Crippen LogP contribution in [0.5, 0.6) is 0 Å². The fraction of sp³-hybridized carbons (Fsp3) is 0.417. The minimum Gasteiger partial charge on any atom is -0.363 e. The van der Waals surface area contributed by atoms with E-state index in [0.29, 0.717) is 15.8 Å². The molecule has 1 heterocycles. The third-order valence-electron chi connectivity index (χ3n) is 3.60. The van der Waals surface area contributed by atoms with E-state index in [1.165, 1.54) is 4.90 Å². The van der Waals surface area contributed by atoms with Gasteiger partial charge in [0.05, 0.1) is 0 Å². The molecule has 1 N–H and O–H groups in total. The molecular formula is C12H12ClFN2OS. The van der Waals surface area contributed by atoms with Crippen LogP contribution in [0.2, 0.25) is 5.02 Å². The summed E-state index contributed by atoms with van der Waals surface area (Å²) in [7, 11) is 3.25. The Morgan fingerprint density at radius 2 is 2.28 bits per heavy atom. The van der Waals surface area contributed by atoms with E-state index in [2.05, 4.69) is 4.99 Å². The Labute approximate surface area is 114 Å². The van der Waals surface area contributed by atoms with Gasteiger partial charge in [0.15, 0.2) is 5.17 Å². The highest BCUT2D eigenvalue weighted by molar-refractivity contribution is 8.15. The summed E-state index contributed by atoms with van der Waals surface area (Å²) in [5.41, 5.74) is -0.336. The number of aliphatic hydroxyl groups is 1. The molecule has 3 nitrogen and oxygen atoms in total. The summed E-state index contributed by atoms with van der Waals surface area (Å²) in [5, 5.41) is 10.1. The van der Waals surface area contributed by atoms with Crippen LogP contribution in [0.4, 0.5) is 4.39 Å². The van der Waals surface area contributed by atoms with Crippen molar-refractivity contribution in [3.63, 3.8) is 0 Å². The Balaban J connectivity index is 2.22. The number of aliphatic imine (C=N–C) groups is 1. The predicted octanol–water partition coefficient (Wildman–Crippen LogP) is 2.37. The summed E-state index contributed by atoms with van der Waals surface area (Å²) in [4.78, 5) is 5.51. The van der Waals surface area contributed by atoms with Gasteiger partial charge in [-0.1, -0.05) is 17.7 Å². The number of rotatable bonds is 0. The molecule has 1 aliphatic carbocycles. The van der Waals surface area contributed by atoms with Gasteiger partial charge >= 0.3 is 0 Å². The van der Waals surface area contributed by atoms with Gasteiger partial charge in [-0.05, 0) is 29.5 Å². The summed E-state index contributed by atoms with van der Waals surface area (Å²) in [5.74, 6) is 0. The average Bonchev–Trinajstić information content (AvgIpc) is 2.65. The van der Waals surface area contributed by atoms with Gasteiger partial charge < -0.3 is 10.0 Å². The zero-order valence-electron chi connectivity index (χ0n) is 9.94. The van der Waals surface area contributed by atoms with Crippen LogP contribution in [-0.2, 0) is 12.1 Å². The van der Waals surface area contributed by atoms with Crippen LogP contribution >= 0.6 is 23.4 Å². The third kappa shape index (κ3) is 1.27. The average molecular weight is 287 g/mol. The molecule has 1 saturated heterocycles. The highest BCUT2D eigenvalue weighted by Gasteiger charge is 2.67. The fourth-order valence-electron chi connectivity index (χ4n) is 2.70. The lowest BCUT2D eigenvalue weighted by atomic mass is 10.0. The second-order valence-corrected chi connectivity index (χ2v) is 6.20. The Kier molecular flexibility index (Phi) is 2.47. The van der Waals surface area contributed by atoms with Crippen molar-refractivity contribution < 1.29 is 9.50 Å². The van der Waals surface area contributed by atoms with Crippen molar-refractivity contribution in [2.75, 3.05) is 14.1 Å². The van der Waals surface area contributed by atoms with Crippen LogP contribution in [0, 0.1) is 0 Å². The zero-order chi connectivity index (χ0) is 13.1. The lowest BCUT2D eigenvalue weighted by Gasteiger charge is -2.33. The van der Waals surface area contributed by atoms with E-state index in [0.717, 1.165) is 17.3 Å². The molecule has 1 aromatic rings. The van der Waals surface area contributed by atoms with Crippen LogP contribution in [0.15, 0.2) is 23.2 Å². The summed E-state index contributed by atoms with van der Waals surface area (Å²) in [6, 6.07) is 5.07. The highest BCUT2D eigenvalue weighted by atomic mass is 35.5. The topological polar surface area (TPSA) is 35.8 Å². The van der Waals surface area contributed by atoms with Crippen molar-refractivity contribution in [3.05, 3.63) is 34.3 Å². The summed E-state index contributed by atoms with van der Waals surface area (Å²) in [6.07, 6.45) is 0.132. The number of hydrogen-bond acceptors (Lipinski definition) is 3. The largest absolute Gasteiger partial charge is 0.363 e. The molecule has 0 bridgehead atoms. The molecule has 0 amide bonds. The molecule has 6 heteroatoms. The number of benzene rings is 1. The summed E-state index contributed by atoms with van der Waals surface area (Å²) in [6.45, 7) is 0. The van der Waals surface area contributed by atoms with Crippen molar-refractivity contribution in [1.82, 2.24) is 4.90 Å². The van der Waals surface area contributed by atoms with Crippen molar-refractivity contribution in [3.8, 4) is 0 Å². The molecule has 96 valence electrons. The minimum atomic E-state index is -1.80. The Bertz CT molecular complexity index is 567. The molecule has 0 saturated carbocycles. The number of fused-ring (bicyclic) bond motifs is 3. The van der Waals surface area contributed by atoms with Crippen LogP contribution in [-0.4, -0.2) is 34.3 Å². The SMILES string of the molecule is C/N=C1\SC2(F)Cc3cc(Cl)ccc3C2(O)N1C. The third-order valence-corrected chi connectivity index (χ3v) is 5.22. The molecule has 18 heavy (non-hydrogen) atoms. The molecule has 2 unspecified atom stereocenters. The van der Waals surface area contributed by atoms with Gasteiger partial charge in [-0.25, -0.2) is 4.39 Å².